The van der Waals surface area contributed by atoms with Crippen LogP contribution in [0.4, 0.5) is 5.69 Å². The van der Waals surface area contributed by atoms with E-state index in [-0.39, 0.29) is 23.0 Å². The lowest BCUT2D eigenvalue weighted by Gasteiger charge is -2.26. The van der Waals surface area contributed by atoms with Crippen molar-refractivity contribution in [2.45, 2.75) is 66.8 Å². The molecule has 2 aromatic heterocycles. The summed E-state index contributed by atoms with van der Waals surface area (Å²) in [5, 5.41) is 12.6. The number of nitrogens with one attached hydrogen (secondary N) is 1. The molecule has 10 heteroatoms. The van der Waals surface area contributed by atoms with Gasteiger partial charge >= 0.3 is 0 Å². The highest BCUT2D eigenvalue weighted by Crippen LogP contribution is 2.55. The smallest absolute Gasteiger partial charge is 0.234 e. The molecule has 0 unspecified atom stereocenters. The molecule has 0 saturated heterocycles. The van der Waals surface area contributed by atoms with Crippen LogP contribution in [0.5, 0.6) is 0 Å². The van der Waals surface area contributed by atoms with Crippen molar-refractivity contribution >= 4 is 62.4 Å². The van der Waals surface area contributed by atoms with E-state index < -0.39 is 0 Å². The van der Waals surface area contributed by atoms with Crippen LogP contribution in [0.15, 0.2) is 61.3 Å². The van der Waals surface area contributed by atoms with E-state index in [4.69, 9.17) is 9.98 Å². The molecule has 1 amide bonds. The number of hydrogen-bond acceptors (Lipinski definition) is 7. The van der Waals surface area contributed by atoms with Crippen LogP contribution in [0.1, 0.15) is 57.1 Å². The van der Waals surface area contributed by atoms with E-state index in [0.29, 0.717) is 5.16 Å². The van der Waals surface area contributed by atoms with E-state index in [1.54, 1.807) is 17.3 Å². The minimum absolute atomic E-state index is 0.0850. The van der Waals surface area contributed by atoms with Gasteiger partial charge in [0, 0.05) is 15.9 Å². The summed E-state index contributed by atoms with van der Waals surface area (Å²) in [7, 11) is 0. The van der Waals surface area contributed by atoms with E-state index in [2.05, 4.69) is 38.4 Å². The van der Waals surface area contributed by atoms with Crippen molar-refractivity contribution < 1.29 is 4.79 Å². The number of aliphatic imine (C=N–C) groups is 1. The molecule has 1 aromatic carbocycles. The zero-order valence-electron chi connectivity index (χ0n) is 19.3. The minimum atomic E-state index is -0.0850. The molecular weight excluding hydrogens is 544 g/mol. The molecule has 0 bridgehead atoms. The largest absolute Gasteiger partial charge is 0.325 e. The Bertz CT molecular complexity index is 1370. The van der Waals surface area contributed by atoms with Gasteiger partial charge in [-0.05, 0) is 61.9 Å². The average molecular weight is 570 g/mol. The van der Waals surface area contributed by atoms with E-state index >= 15 is 0 Å². The van der Waals surface area contributed by atoms with Gasteiger partial charge in [-0.1, -0.05) is 58.4 Å². The number of thioether (sulfide) groups is 2. The summed E-state index contributed by atoms with van der Waals surface area (Å²) < 4.78 is 2.88. The van der Waals surface area contributed by atoms with Gasteiger partial charge in [-0.25, -0.2) is 4.98 Å². The predicted octanol–water partition coefficient (Wildman–Crippen LogP) is 6.26. The summed E-state index contributed by atoms with van der Waals surface area (Å²) in [5.74, 6) is 0.416. The van der Waals surface area contributed by atoms with Crippen molar-refractivity contribution in [3.05, 3.63) is 51.9 Å². The van der Waals surface area contributed by atoms with Gasteiger partial charge < -0.3 is 5.32 Å². The van der Waals surface area contributed by atoms with Crippen LogP contribution in [0.25, 0.3) is 5.65 Å². The van der Waals surface area contributed by atoms with E-state index in [0.717, 1.165) is 45.7 Å². The normalized spacial score (nSPS) is 20.6. The number of carbonyl (C=O) groups excluding carboxylic acids is 1. The fourth-order valence-corrected chi connectivity index (χ4v) is 7.48. The molecule has 180 valence electrons. The number of dihydropyridines is 1. The number of fused-ring (bicyclic) bond motifs is 6. The molecule has 4 heterocycles. The number of nitrogens with zero attached hydrogens (tertiary/aromatic N) is 5. The lowest BCUT2D eigenvalue weighted by atomic mass is 9.87. The molecule has 1 aliphatic carbocycles. The van der Waals surface area contributed by atoms with Crippen molar-refractivity contribution in [3.63, 3.8) is 0 Å². The van der Waals surface area contributed by atoms with Crippen molar-refractivity contribution in [1.29, 1.82) is 0 Å². The Morgan fingerprint density at radius 1 is 1.26 bits per heavy atom. The van der Waals surface area contributed by atoms with Crippen LogP contribution in [-0.4, -0.2) is 42.3 Å². The zero-order valence-corrected chi connectivity index (χ0v) is 22.5. The SMILES string of the molecule is CCCCC1=N[C@@H]2Sc3c(ncn4c(SCC(=O)Nc5ccc(Br)cc5)nnc34)[C@H]2C2=C1CCC2. The van der Waals surface area contributed by atoms with E-state index in [9.17, 15) is 4.79 Å². The maximum atomic E-state index is 12.5. The molecule has 2 aliphatic heterocycles. The Morgan fingerprint density at radius 3 is 2.94 bits per heavy atom. The number of aromatic nitrogens is 4. The lowest BCUT2D eigenvalue weighted by Crippen LogP contribution is -2.21. The Kier molecular flexibility index (Phi) is 6.45. The van der Waals surface area contributed by atoms with Gasteiger partial charge in [0.05, 0.1) is 22.3 Å². The number of allylic oxidation sites excluding steroid dienone is 1. The summed E-state index contributed by atoms with van der Waals surface area (Å²) in [4.78, 5) is 23.7. The molecule has 3 aliphatic rings. The molecule has 1 N–H and O–H groups in total. The first kappa shape index (κ1) is 23.2. The van der Waals surface area contributed by atoms with Crippen LogP contribution < -0.4 is 5.32 Å². The van der Waals surface area contributed by atoms with Crippen molar-refractivity contribution in [3.8, 4) is 0 Å². The number of benzene rings is 1. The molecule has 6 rings (SSSR count). The van der Waals surface area contributed by atoms with Crippen LogP contribution >= 0.6 is 39.5 Å². The van der Waals surface area contributed by atoms with Gasteiger partial charge in [-0.2, -0.15) is 0 Å². The molecular formula is C25H25BrN6OS2. The van der Waals surface area contributed by atoms with Gasteiger partial charge in [0.1, 0.15) is 11.7 Å². The van der Waals surface area contributed by atoms with Crippen LogP contribution in [0, 0.1) is 0 Å². The highest BCUT2D eigenvalue weighted by molar-refractivity contribution is 9.10. The van der Waals surface area contributed by atoms with Crippen LogP contribution in [0.3, 0.4) is 0 Å². The summed E-state index contributed by atoms with van der Waals surface area (Å²) in [5.41, 5.74) is 7.06. The van der Waals surface area contributed by atoms with Gasteiger partial charge in [0.15, 0.2) is 10.8 Å². The fraction of sp³-hybridized carbons (Fsp3) is 0.400. The summed E-state index contributed by atoms with van der Waals surface area (Å²) in [6.07, 6.45) is 8.78. The number of hydrogen-bond donors (Lipinski definition) is 1. The second-order valence-corrected chi connectivity index (χ2v) is 12.0. The Morgan fingerprint density at radius 2 is 2.11 bits per heavy atom. The molecule has 3 aromatic rings. The number of rotatable bonds is 7. The van der Waals surface area contributed by atoms with Gasteiger partial charge in [-0.3, -0.25) is 14.2 Å². The number of anilines is 1. The number of amides is 1. The number of unbranched alkanes of at least 4 members (excludes halogenated alkanes) is 1. The third-order valence-corrected chi connectivity index (χ3v) is 9.44. The maximum Gasteiger partial charge on any atom is 0.234 e. The second-order valence-electron chi connectivity index (χ2n) is 9.00. The van der Waals surface area contributed by atoms with E-state index in [1.165, 1.54) is 42.3 Å². The molecule has 0 spiro atoms. The van der Waals surface area contributed by atoms with Crippen LogP contribution in [-0.2, 0) is 4.79 Å². The van der Waals surface area contributed by atoms with Crippen LogP contribution in [0.2, 0.25) is 0 Å². The first-order chi connectivity index (χ1) is 17.1. The number of halogens is 1. The molecule has 0 saturated carbocycles. The Labute approximate surface area is 220 Å². The quantitative estimate of drug-likeness (QED) is 0.338. The lowest BCUT2D eigenvalue weighted by molar-refractivity contribution is -0.113. The topological polar surface area (TPSA) is 84.5 Å². The van der Waals surface area contributed by atoms with Crippen molar-refractivity contribution in [2.24, 2.45) is 4.99 Å². The van der Waals surface area contributed by atoms with Crippen molar-refractivity contribution in [2.75, 3.05) is 11.1 Å². The third-order valence-electron chi connectivity index (χ3n) is 6.73. The summed E-state index contributed by atoms with van der Waals surface area (Å²) >= 11 is 6.55. The highest BCUT2D eigenvalue weighted by Gasteiger charge is 2.44. The zero-order chi connectivity index (χ0) is 23.9. The van der Waals surface area contributed by atoms with Crippen molar-refractivity contribution in [1.82, 2.24) is 19.6 Å². The summed E-state index contributed by atoms with van der Waals surface area (Å²) in [6, 6.07) is 7.53. The fourth-order valence-electron chi connectivity index (χ4n) is 5.12. The first-order valence-electron chi connectivity index (χ1n) is 12.0. The Hall–Kier alpha value is -2.17. The maximum absolute atomic E-state index is 12.5. The van der Waals surface area contributed by atoms with Gasteiger partial charge in [-0.15, -0.1) is 10.2 Å². The van der Waals surface area contributed by atoms with Gasteiger partial charge in [0.2, 0.25) is 5.91 Å². The standard InChI is InChI=1S/C25H25BrN6OS2/c1-2-3-7-18-16-5-4-6-17(16)20-21-22(35-24(20)29-18)23-30-31-25(32(23)13-27-21)34-12-19(33)28-15-10-8-14(26)9-11-15/h8-11,13,20,24H,2-7,12H2,1H3,(H,28,33)/t20-,24-/m1/s1. The highest BCUT2D eigenvalue weighted by atomic mass is 79.9. The average Bonchev–Trinajstić information content (AvgIpc) is 3.58. The molecule has 2 atom stereocenters. The third kappa shape index (κ3) is 4.34. The minimum Gasteiger partial charge on any atom is -0.325 e. The monoisotopic (exact) mass is 568 g/mol. The molecule has 35 heavy (non-hydrogen) atoms. The van der Waals surface area contributed by atoms with Gasteiger partial charge in [0.25, 0.3) is 0 Å². The second kappa shape index (κ2) is 9.71. The first-order valence-corrected chi connectivity index (χ1v) is 14.7. The summed E-state index contributed by atoms with van der Waals surface area (Å²) in [6.45, 7) is 2.24. The predicted molar refractivity (Wildman–Crippen MR) is 145 cm³/mol. The Balaban J connectivity index is 1.22. The number of carbonyl (C=O) groups is 1. The molecule has 0 fully saturated rings. The molecule has 0 radical (unpaired) electrons. The van der Waals surface area contributed by atoms with E-state index in [1.807, 2.05) is 35.0 Å². The molecule has 7 nitrogen and oxygen atoms in total.